The molecule has 0 saturated heterocycles. The number of ether oxygens (including phenoxy) is 3. The minimum absolute atomic E-state index is 0.109. The van der Waals surface area contributed by atoms with E-state index in [1.807, 2.05) is 38.1 Å². The monoisotopic (exact) mass is 276 g/mol. The Morgan fingerprint density at radius 1 is 1.30 bits per heavy atom. The van der Waals surface area contributed by atoms with Gasteiger partial charge in [-0.25, -0.2) is 0 Å². The Morgan fingerprint density at radius 3 is 2.80 bits per heavy atom. The van der Waals surface area contributed by atoms with Gasteiger partial charge in [-0.15, -0.1) is 0 Å². The molecule has 0 aliphatic heterocycles. The summed E-state index contributed by atoms with van der Waals surface area (Å²) >= 11 is 0. The highest BCUT2D eigenvalue weighted by Crippen LogP contribution is 2.28. The molecule has 0 saturated carbocycles. The van der Waals surface area contributed by atoms with Crippen molar-refractivity contribution in [1.29, 1.82) is 0 Å². The van der Waals surface area contributed by atoms with Crippen LogP contribution in [0.1, 0.15) is 31.4 Å². The van der Waals surface area contributed by atoms with Crippen molar-refractivity contribution in [3.05, 3.63) is 35.1 Å². The second-order valence-corrected chi connectivity index (χ2v) is 5.10. The van der Waals surface area contributed by atoms with Crippen molar-refractivity contribution in [1.82, 2.24) is 0 Å². The summed E-state index contributed by atoms with van der Waals surface area (Å²) in [7, 11) is 1.59. The third kappa shape index (κ3) is 3.61. The molecule has 0 atom stereocenters. The highest BCUT2D eigenvalue weighted by atomic mass is 16.7. The molecular formula is C16H20O4. The first-order chi connectivity index (χ1) is 9.60. The van der Waals surface area contributed by atoms with Crippen molar-refractivity contribution in [2.24, 2.45) is 5.92 Å². The summed E-state index contributed by atoms with van der Waals surface area (Å²) < 4.78 is 15.7. The van der Waals surface area contributed by atoms with Crippen LogP contribution in [-0.2, 0) is 20.7 Å². The average Bonchev–Trinajstić information content (AvgIpc) is 2.44. The molecular weight excluding hydrogens is 256 g/mol. The van der Waals surface area contributed by atoms with Crippen LogP contribution in [0.2, 0.25) is 0 Å². The highest BCUT2D eigenvalue weighted by molar-refractivity contribution is 5.74. The first-order valence-electron chi connectivity index (χ1n) is 6.77. The third-order valence-corrected chi connectivity index (χ3v) is 3.12. The van der Waals surface area contributed by atoms with Gasteiger partial charge in [0.05, 0.1) is 5.92 Å². The maximum absolute atomic E-state index is 11.6. The number of rotatable bonds is 5. The number of aryl methyl sites for hydroxylation is 1. The molecule has 0 bridgehead atoms. The molecule has 0 unspecified atom stereocenters. The number of carbonyl (C=O) groups is 1. The largest absolute Gasteiger partial charge is 0.468 e. The summed E-state index contributed by atoms with van der Waals surface area (Å²) in [6.07, 6.45) is 3.51. The number of hydrogen-bond acceptors (Lipinski definition) is 4. The minimum Gasteiger partial charge on any atom is -0.468 e. The molecule has 1 aromatic carbocycles. The van der Waals surface area contributed by atoms with Crippen LogP contribution >= 0.6 is 0 Å². The van der Waals surface area contributed by atoms with E-state index in [9.17, 15) is 4.79 Å². The van der Waals surface area contributed by atoms with Gasteiger partial charge in [-0.2, -0.15) is 0 Å². The van der Waals surface area contributed by atoms with Crippen LogP contribution in [0.25, 0.3) is 6.08 Å². The van der Waals surface area contributed by atoms with Gasteiger partial charge in [-0.1, -0.05) is 19.9 Å². The predicted octanol–water partition coefficient (Wildman–Crippen LogP) is 3.16. The van der Waals surface area contributed by atoms with Gasteiger partial charge >= 0.3 is 5.97 Å². The molecule has 0 spiro atoms. The van der Waals surface area contributed by atoms with E-state index in [4.69, 9.17) is 14.2 Å². The number of hydrogen-bond donors (Lipinski definition) is 0. The summed E-state index contributed by atoms with van der Waals surface area (Å²) in [5.74, 6) is 1.24. The third-order valence-electron chi connectivity index (χ3n) is 3.12. The molecule has 108 valence electrons. The second kappa shape index (κ2) is 6.57. The lowest BCUT2D eigenvalue weighted by Gasteiger charge is -2.18. The van der Waals surface area contributed by atoms with Gasteiger partial charge in [-0.3, -0.25) is 4.79 Å². The van der Waals surface area contributed by atoms with Crippen molar-refractivity contribution in [2.75, 3.05) is 13.9 Å². The van der Waals surface area contributed by atoms with Gasteiger partial charge in [0, 0.05) is 13.5 Å². The number of allylic oxidation sites excluding steroid dienone is 1. The van der Waals surface area contributed by atoms with E-state index in [0.29, 0.717) is 0 Å². The number of esters is 1. The Hall–Kier alpha value is -1.81. The van der Waals surface area contributed by atoms with Gasteiger partial charge in [0.15, 0.2) is 6.79 Å². The minimum atomic E-state index is -0.181. The fourth-order valence-corrected chi connectivity index (χ4v) is 1.99. The van der Waals surface area contributed by atoms with Crippen molar-refractivity contribution in [3.63, 3.8) is 0 Å². The van der Waals surface area contributed by atoms with Gasteiger partial charge in [0.25, 0.3) is 0 Å². The SMILES string of the molecule is COCOc1ccc2c(c1)CCC(OC(=O)C(C)C)=C2. The predicted molar refractivity (Wildman–Crippen MR) is 76.2 cm³/mol. The zero-order valence-corrected chi connectivity index (χ0v) is 12.1. The van der Waals surface area contributed by atoms with E-state index in [0.717, 1.165) is 29.9 Å². The molecule has 2 rings (SSSR count). The Kier molecular flexibility index (Phi) is 4.79. The second-order valence-electron chi connectivity index (χ2n) is 5.10. The Balaban J connectivity index is 2.10. The Bertz CT molecular complexity index is 517. The lowest BCUT2D eigenvalue weighted by molar-refractivity contribution is -0.143. The zero-order chi connectivity index (χ0) is 14.5. The van der Waals surface area contributed by atoms with E-state index in [1.54, 1.807) is 7.11 Å². The number of methoxy groups -OCH3 is 1. The molecule has 1 aromatic rings. The molecule has 0 heterocycles. The van der Waals surface area contributed by atoms with Crippen LogP contribution in [0.3, 0.4) is 0 Å². The summed E-state index contributed by atoms with van der Waals surface area (Å²) in [6.45, 7) is 3.91. The summed E-state index contributed by atoms with van der Waals surface area (Å²) in [6, 6.07) is 5.87. The number of fused-ring (bicyclic) bond motifs is 1. The smallest absolute Gasteiger partial charge is 0.313 e. The van der Waals surface area contributed by atoms with E-state index in [-0.39, 0.29) is 18.7 Å². The van der Waals surface area contributed by atoms with E-state index >= 15 is 0 Å². The van der Waals surface area contributed by atoms with Crippen LogP contribution in [0, 0.1) is 5.92 Å². The van der Waals surface area contributed by atoms with E-state index in [1.165, 1.54) is 5.56 Å². The molecule has 0 N–H and O–H groups in total. The first-order valence-corrected chi connectivity index (χ1v) is 6.77. The normalized spacial score (nSPS) is 13.7. The molecule has 1 aliphatic carbocycles. The fraction of sp³-hybridized carbons (Fsp3) is 0.438. The average molecular weight is 276 g/mol. The maximum Gasteiger partial charge on any atom is 0.313 e. The fourth-order valence-electron chi connectivity index (χ4n) is 1.99. The van der Waals surface area contributed by atoms with Crippen molar-refractivity contribution in [3.8, 4) is 5.75 Å². The highest BCUT2D eigenvalue weighted by Gasteiger charge is 2.16. The van der Waals surface area contributed by atoms with E-state index in [2.05, 4.69) is 0 Å². The molecule has 0 radical (unpaired) electrons. The van der Waals surface area contributed by atoms with Gasteiger partial charge < -0.3 is 14.2 Å². The van der Waals surface area contributed by atoms with Gasteiger partial charge in [-0.05, 0) is 35.8 Å². The van der Waals surface area contributed by atoms with Crippen LogP contribution in [0.5, 0.6) is 5.75 Å². The van der Waals surface area contributed by atoms with Crippen LogP contribution in [0.4, 0.5) is 0 Å². The standard InChI is InChI=1S/C16H20O4/c1-11(2)16(17)20-15-7-5-12-8-14(19-10-18-3)6-4-13(12)9-15/h4,6,8-9,11H,5,7,10H2,1-3H3. The Morgan fingerprint density at radius 2 is 2.10 bits per heavy atom. The van der Waals surface area contributed by atoms with Crippen molar-refractivity contribution in [2.45, 2.75) is 26.7 Å². The summed E-state index contributed by atoms with van der Waals surface area (Å²) in [4.78, 5) is 11.6. The summed E-state index contributed by atoms with van der Waals surface area (Å²) in [5, 5.41) is 0. The molecule has 0 amide bonds. The topological polar surface area (TPSA) is 44.8 Å². The molecule has 1 aliphatic rings. The number of benzene rings is 1. The van der Waals surface area contributed by atoms with Crippen molar-refractivity contribution < 1.29 is 19.0 Å². The molecule has 4 heteroatoms. The van der Waals surface area contributed by atoms with Crippen LogP contribution in [0.15, 0.2) is 24.0 Å². The quantitative estimate of drug-likeness (QED) is 0.612. The molecule has 4 nitrogen and oxygen atoms in total. The molecule has 20 heavy (non-hydrogen) atoms. The van der Waals surface area contributed by atoms with Gasteiger partial charge in [0.2, 0.25) is 0 Å². The Labute approximate surface area is 119 Å². The molecule has 0 aromatic heterocycles. The maximum atomic E-state index is 11.6. The van der Waals surface area contributed by atoms with Crippen LogP contribution < -0.4 is 4.74 Å². The lowest BCUT2D eigenvalue weighted by atomic mass is 9.96. The van der Waals surface area contributed by atoms with E-state index < -0.39 is 0 Å². The zero-order valence-electron chi connectivity index (χ0n) is 12.1. The van der Waals surface area contributed by atoms with Gasteiger partial charge in [0.1, 0.15) is 11.5 Å². The number of carbonyl (C=O) groups excluding carboxylic acids is 1. The lowest BCUT2D eigenvalue weighted by Crippen LogP contribution is -2.13. The van der Waals surface area contributed by atoms with Crippen LogP contribution in [-0.4, -0.2) is 19.9 Å². The molecule has 0 fully saturated rings. The van der Waals surface area contributed by atoms with Crippen molar-refractivity contribution >= 4 is 12.0 Å². The summed E-state index contributed by atoms with van der Waals surface area (Å²) in [5.41, 5.74) is 2.27. The first kappa shape index (κ1) is 14.6.